The summed E-state index contributed by atoms with van der Waals surface area (Å²) in [6, 6.07) is 5.67. The van der Waals surface area contributed by atoms with Crippen LogP contribution < -0.4 is 10.1 Å². The van der Waals surface area contributed by atoms with E-state index in [4.69, 9.17) is 16.3 Å². The first-order valence-corrected chi connectivity index (χ1v) is 5.72. The van der Waals surface area contributed by atoms with E-state index in [0.717, 1.165) is 5.56 Å². The first-order valence-electron chi connectivity index (χ1n) is 5.28. The van der Waals surface area contributed by atoms with Crippen LogP contribution in [0.4, 0.5) is 5.69 Å². The summed E-state index contributed by atoms with van der Waals surface area (Å²) in [6.45, 7) is 4.21. The molecule has 1 N–H and O–H groups in total. The molecule has 1 atom stereocenters. The van der Waals surface area contributed by atoms with E-state index in [1.165, 1.54) is 0 Å². The number of benzene rings is 1. The van der Waals surface area contributed by atoms with Crippen molar-refractivity contribution in [1.82, 2.24) is 0 Å². The Balaban J connectivity index is 2.31. The maximum Gasteiger partial charge on any atom is 0.262 e. The van der Waals surface area contributed by atoms with Gasteiger partial charge in [0, 0.05) is 0 Å². The number of fused-ring (bicyclic) bond motifs is 1. The first kappa shape index (κ1) is 11.3. The van der Waals surface area contributed by atoms with E-state index < -0.39 is 0 Å². The van der Waals surface area contributed by atoms with Gasteiger partial charge in [-0.3, -0.25) is 4.79 Å². The Hall–Kier alpha value is -1.22. The molecule has 0 bridgehead atoms. The van der Waals surface area contributed by atoms with Crippen LogP contribution in [-0.2, 0) is 4.79 Å². The minimum Gasteiger partial charge on any atom is -0.482 e. The molecule has 1 aromatic carbocycles. The highest BCUT2D eigenvalue weighted by Gasteiger charge is 2.19. The molecule has 4 heteroatoms. The molecule has 0 radical (unpaired) electrons. The van der Waals surface area contributed by atoms with Crippen LogP contribution in [0.5, 0.6) is 5.75 Å². The van der Waals surface area contributed by atoms with Gasteiger partial charge in [0.05, 0.1) is 11.1 Å². The average Bonchev–Trinajstić information content (AvgIpc) is 2.26. The molecule has 0 aliphatic carbocycles. The molecule has 0 fully saturated rings. The second-order valence-electron chi connectivity index (χ2n) is 4.24. The third-order valence-electron chi connectivity index (χ3n) is 2.54. The highest BCUT2D eigenvalue weighted by Crippen LogP contribution is 2.35. The maximum atomic E-state index is 11.2. The highest BCUT2D eigenvalue weighted by atomic mass is 35.5. The van der Waals surface area contributed by atoms with E-state index in [-0.39, 0.29) is 17.9 Å². The molecule has 1 aliphatic rings. The highest BCUT2D eigenvalue weighted by molar-refractivity contribution is 6.21. The Morgan fingerprint density at radius 2 is 2.19 bits per heavy atom. The summed E-state index contributed by atoms with van der Waals surface area (Å²) in [5.74, 6) is 0.927. The van der Waals surface area contributed by atoms with Crippen molar-refractivity contribution in [3.05, 3.63) is 23.8 Å². The zero-order chi connectivity index (χ0) is 11.7. The number of carbonyl (C=O) groups is 1. The van der Waals surface area contributed by atoms with Gasteiger partial charge in [0.2, 0.25) is 0 Å². The molecule has 16 heavy (non-hydrogen) atoms. The lowest BCUT2D eigenvalue weighted by Crippen LogP contribution is -2.25. The third-order valence-corrected chi connectivity index (χ3v) is 3.30. The molecule has 2 rings (SSSR count). The van der Waals surface area contributed by atoms with Crippen LogP contribution >= 0.6 is 11.6 Å². The maximum absolute atomic E-state index is 11.2. The number of nitrogens with one attached hydrogen (secondary N) is 1. The van der Waals surface area contributed by atoms with Crippen LogP contribution in [0.3, 0.4) is 0 Å². The Bertz CT molecular complexity index is 417. The van der Waals surface area contributed by atoms with Crippen molar-refractivity contribution in [2.45, 2.75) is 19.2 Å². The standard InChI is InChI=1S/C12H14ClNO2/c1-7(2)12(13)8-3-4-10-9(5-8)14-11(15)6-16-10/h3-5,7,12H,6H2,1-2H3,(H,14,15). The van der Waals surface area contributed by atoms with Crippen LogP contribution in [-0.4, -0.2) is 12.5 Å². The molecule has 1 aromatic rings. The molecule has 0 saturated heterocycles. The van der Waals surface area contributed by atoms with Gasteiger partial charge in [-0.15, -0.1) is 11.6 Å². The van der Waals surface area contributed by atoms with Gasteiger partial charge in [-0.05, 0) is 23.6 Å². The molecular formula is C12H14ClNO2. The lowest BCUT2D eigenvalue weighted by atomic mass is 10.0. The Morgan fingerprint density at radius 1 is 1.44 bits per heavy atom. The van der Waals surface area contributed by atoms with Crippen LogP contribution in [0.1, 0.15) is 24.8 Å². The average molecular weight is 240 g/mol. The summed E-state index contributed by atoms with van der Waals surface area (Å²) in [6.07, 6.45) is 0. The molecule has 0 aromatic heterocycles. The normalized spacial score (nSPS) is 16.4. The zero-order valence-electron chi connectivity index (χ0n) is 9.29. The summed E-state index contributed by atoms with van der Waals surface area (Å²) in [7, 11) is 0. The second kappa shape index (κ2) is 4.34. The number of anilines is 1. The number of ether oxygens (including phenoxy) is 1. The van der Waals surface area contributed by atoms with Gasteiger partial charge in [-0.2, -0.15) is 0 Å². The fourth-order valence-corrected chi connectivity index (χ4v) is 1.79. The summed E-state index contributed by atoms with van der Waals surface area (Å²) in [5, 5.41) is 2.72. The minimum absolute atomic E-state index is 0.0517. The van der Waals surface area contributed by atoms with E-state index in [2.05, 4.69) is 19.2 Å². The van der Waals surface area contributed by atoms with Crippen LogP contribution in [0.15, 0.2) is 18.2 Å². The first-order chi connectivity index (χ1) is 7.58. The molecule has 1 amide bonds. The summed E-state index contributed by atoms with van der Waals surface area (Å²) < 4.78 is 5.28. The largest absolute Gasteiger partial charge is 0.482 e. The van der Waals surface area contributed by atoms with Crippen LogP contribution in [0.2, 0.25) is 0 Å². The molecule has 1 unspecified atom stereocenters. The summed E-state index contributed by atoms with van der Waals surface area (Å²) in [4.78, 5) is 11.2. The Kier molecular flexibility index (Phi) is 3.06. The van der Waals surface area contributed by atoms with Gasteiger partial charge in [0.25, 0.3) is 5.91 Å². The number of amides is 1. The van der Waals surface area contributed by atoms with Crippen LogP contribution in [0.25, 0.3) is 0 Å². The van der Waals surface area contributed by atoms with Gasteiger partial charge in [0.15, 0.2) is 6.61 Å². The summed E-state index contributed by atoms with van der Waals surface area (Å²) >= 11 is 6.27. The second-order valence-corrected chi connectivity index (χ2v) is 4.71. The predicted octanol–water partition coefficient (Wildman–Crippen LogP) is 2.95. The van der Waals surface area contributed by atoms with Crippen molar-refractivity contribution < 1.29 is 9.53 Å². The van der Waals surface area contributed by atoms with Gasteiger partial charge < -0.3 is 10.1 Å². The van der Waals surface area contributed by atoms with Crippen molar-refractivity contribution >= 4 is 23.2 Å². The Morgan fingerprint density at radius 3 is 2.88 bits per heavy atom. The number of rotatable bonds is 2. The fourth-order valence-electron chi connectivity index (χ4n) is 1.66. The molecule has 1 aliphatic heterocycles. The summed E-state index contributed by atoms with van der Waals surface area (Å²) in [5.41, 5.74) is 1.71. The number of hydrogen-bond acceptors (Lipinski definition) is 2. The van der Waals surface area contributed by atoms with Crippen molar-refractivity contribution in [2.75, 3.05) is 11.9 Å². The van der Waals surface area contributed by atoms with E-state index in [1.54, 1.807) is 0 Å². The third kappa shape index (κ3) is 2.14. The number of hydrogen-bond donors (Lipinski definition) is 1. The van der Waals surface area contributed by atoms with Crippen molar-refractivity contribution in [3.8, 4) is 5.75 Å². The Labute approximate surface area is 99.7 Å². The molecule has 0 spiro atoms. The molecule has 0 saturated carbocycles. The van der Waals surface area contributed by atoms with Gasteiger partial charge in [-0.1, -0.05) is 19.9 Å². The van der Waals surface area contributed by atoms with Crippen molar-refractivity contribution in [2.24, 2.45) is 5.92 Å². The van der Waals surface area contributed by atoms with Gasteiger partial charge in [-0.25, -0.2) is 0 Å². The van der Waals surface area contributed by atoms with Crippen molar-refractivity contribution in [3.63, 3.8) is 0 Å². The SMILES string of the molecule is CC(C)C(Cl)c1ccc2c(c1)NC(=O)CO2. The number of halogens is 1. The quantitative estimate of drug-likeness (QED) is 0.806. The number of alkyl halides is 1. The van der Waals surface area contributed by atoms with E-state index in [0.29, 0.717) is 17.4 Å². The number of carbonyl (C=O) groups excluding carboxylic acids is 1. The predicted molar refractivity (Wildman–Crippen MR) is 64.0 cm³/mol. The van der Waals surface area contributed by atoms with E-state index in [9.17, 15) is 4.79 Å². The fraction of sp³-hybridized carbons (Fsp3) is 0.417. The monoisotopic (exact) mass is 239 g/mol. The van der Waals surface area contributed by atoms with Gasteiger partial charge >= 0.3 is 0 Å². The smallest absolute Gasteiger partial charge is 0.262 e. The topological polar surface area (TPSA) is 38.3 Å². The minimum atomic E-state index is -0.125. The van der Waals surface area contributed by atoms with E-state index >= 15 is 0 Å². The molecule has 1 heterocycles. The molecular weight excluding hydrogens is 226 g/mol. The molecule has 3 nitrogen and oxygen atoms in total. The lowest BCUT2D eigenvalue weighted by molar-refractivity contribution is -0.118. The lowest BCUT2D eigenvalue weighted by Gasteiger charge is -2.20. The van der Waals surface area contributed by atoms with Gasteiger partial charge in [0.1, 0.15) is 5.75 Å². The van der Waals surface area contributed by atoms with Crippen LogP contribution in [0, 0.1) is 5.92 Å². The van der Waals surface area contributed by atoms with Crippen molar-refractivity contribution in [1.29, 1.82) is 0 Å². The zero-order valence-corrected chi connectivity index (χ0v) is 10.0. The molecule has 86 valence electrons. The van der Waals surface area contributed by atoms with E-state index in [1.807, 2.05) is 18.2 Å².